The van der Waals surface area contributed by atoms with Gasteiger partial charge < -0.3 is 14.8 Å². The van der Waals surface area contributed by atoms with Crippen LogP contribution in [0.4, 0.5) is 0 Å². The molecule has 0 saturated carbocycles. The van der Waals surface area contributed by atoms with Crippen molar-refractivity contribution in [1.29, 1.82) is 0 Å². The zero-order valence-corrected chi connectivity index (χ0v) is 11.0. The van der Waals surface area contributed by atoms with E-state index in [0.717, 1.165) is 24.5 Å². The summed E-state index contributed by atoms with van der Waals surface area (Å²) in [6, 6.07) is 4.59. The van der Waals surface area contributed by atoms with E-state index in [-0.39, 0.29) is 0 Å². The molecule has 0 saturated heterocycles. The van der Waals surface area contributed by atoms with Gasteiger partial charge in [0.15, 0.2) is 11.5 Å². The fraction of sp³-hybridized carbons (Fsp3) is 0.571. The number of hydrogen-bond acceptors (Lipinski definition) is 3. The summed E-state index contributed by atoms with van der Waals surface area (Å²) in [6.45, 7) is 5.52. The lowest BCUT2D eigenvalue weighted by Gasteiger charge is -2.17. The van der Waals surface area contributed by atoms with Crippen LogP contribution < -0.4 is 14.8 Å². The third-order valence-corrected chi connectivity index (χ3v) is 3.45. The van der Waals surface area contributed by atoms with Crippen LogP contribution in [0.5, 0.6) is 11.5 Å². The van der Waals surface area contributed by atoms with Gasteiger partial charge in [-0.3, -0.25) is 0 Å². The van der Waals surface area contributed by atoms with Gasteiger partial charge in [-0.1, -0.05) is 6.92 Å². The standard InChI is InChI=1S/C14H21NO2/c1-9-5-11-6-13(16-3)14(17-4)7-12(11)10(2)15-8-9/h6-7,9-10,15H,5,8H2,1-4H3/t9-,10-/m0/s1. The molecule has 2 atom stereocenters. The Balaban J connectivity index is 2.48. The third kappa shape index (κ3) is 2.39. The second-order valence-corrected chi connectivity index (χ2v) is 4.85. The molecule has 0 spiro atoms. The van der Waals surface area contributed by atoms with Crippen LogP contribution in [0.25, 0.3) is 0 Å². The van der Waals surface area contributed by atoms with Crippen molar-refractivity contribution in [3.05, 3.63) is 23.3 Å². The average molecular weight is 235 g/mol. The van der Waals surface area contributed by atoms with Crippen LogP contribution in [0.2, 0.25) is 0 Å². The highest BCUT2D eigenvalue weighted by molar-refractivity contribution is 5.49. The fourth-order valence-electron chi connectivity index (χ4n) is 2.45. The maximum atomic E-state index is 5.37. The van der Waals surface area contributed by atoms with E-state index in [4.69, 9.17) is 9.47 Å². The molecule has 0 unspecified atom stereocenters. The Labute approximate surface area is 103 Å². The van der Waals surface area contributed by atoms with Crippen LogP contribution in [0.1, 0.15) is 31.0 Å². The predicted molar refractivity (Wildman–Crippen MR) is 68.8 cm³/mol. The molecule has 1 heterocycles. The second-order valence-electron chi connectivity index (χ2n) is 4.85. The fourth-order valence-corrected chi connectivity index (χ4v) is 2.45. The van der Waals surface area contributed by atoms with Crippen molar-refractivity contribution in [3.8, 4) is 11.5 Å². The van der Waals surface area contributed by atoms with Gasteiger partial charge in [-0.05, 0) is 49.1 Å². The van der Waals surface area contributed by atoms with Crippen molar-refractivity contribution in [2.24, 2.45) is 5.92 Å². The maximum Gasteiger partial charge on any atom is 0.161 e. The lowest BCUT2D eigenvalue weighted by molar-refractivity contribution is 0.353. The van der Waals surface area contributed by atoms with E-state index in [1.165, 1.54) is 11.1 Å². The molecule has 3 nitrogen and oxygen atoms in total. The van der Waals surface area contributed by atoms with Crippen LogP contribution in [0, 0.1) is 5.92 Å². The topological polar surface area (TPSA) is 30.5 Å². The normalized spacial score (nSPS) is 23.8. The molecule has 1 aliphatic heterocycles. The third-order valence-electron chi connectivity index (χ3n) is 3.45. The molecule has 0 radical (unpaired) electrons. The minimum Gasteiger partial charge on any atom is -0.493 e. The first kappa shape index (κ1) is 12.2. The largest absolute Gasteiger partial charge is 0.493 e. The van der Waals surface area contributed by atoms with E-state index in [2.05, 4.69) is 31.3 Å². The van der Waals surface area contributed by atoms with E-state index in [1.807, 2.05) is 0 Å². The summed E-state index contributed by atoms with van der Waals surface area (Å²) in [7, 11) is 3.37. The van der Waals surface area contributed by atoms with Crippen molar-refractivity contribution in [3.63, 3.8) is 0 Å². The van der Waals surface area contributed by atoms with Crippen molar-refractivity contribution in [1.82, 2.24) is 5.32 Å². The predicted octanol–water partition coefficient (Wildman–Crippen LogP) is 2.55. The zero-order valence-electron chi connectivity index (χ0n) is 11.0. The van der Waals surface area contributed by atoms with Gasteiger partial charge in [-0.25, -0.2) is 0 Å². The number of hydrogen-bond donors (Lipinski definition) is 1. The molecule has 1 aliphatic rings. The molecule has 17 heavy (non-hydrogen) atoms. The first-order valence-electron chi connectivity index (χ1n) is 6.14. The lowest BCUT2D eigenvalue weighted by Crippen LogP contribution is -2.21. The Hall–Kier alpha value is -1.22. The smallest absolute Gasteiger partial charge is 0.161 e. The van der Waals surface area contributed by atoms with Gasteiger partial charge in [-0.2, -0.15) is 0 Å². The van der Waals surface area contributed by atoms with E-state index >= 15 is 0 Å². The van der Waals surface area contributed by atoms with E-state index in [1.54, 1.807) is 14.2 Å². The summed E-state index contributed by atoms with van der Waals surface area (Å²) < 4.78 is 10.7. The quantitative estimate of drug-likeness (QED) is 0.854. The molecule has 1 aromatic rings. The van der Waals surface area contributed by atoms with Gasteiger partial charge >= 0.3 is 0 Å². The number of fused-ring (bicyclic) bond motifs is 1. The Morgan fingerprint density at radius 1 is 1.12 bits per heavy atom. The van der Waals surface area contributed by atoms with Crippen LogP contribution in [0.15, 0.2) is 12.1 Å². The van der Waals surface area contributed by atoms with Crippen LogP contribution >= 0.6 is 0 Å². The van der Waals surface area contributed by atoms with Crippen molar-refractivity contribution in [2.75, 3.05) is 20.8 Å². The molecule has 1 N–H and O–H groups in total. The summed E-state index contributed by atoms with van der Waals surface area (Å²) in [5.41, 5.74) is 2.69. The van der Waals surface area contributed by atoms with Gasteiger partial charge in [0.25, 0.3) is 0 Å². The molecule has 0 aliphatic carbocycles. The number of ether oxygens (including phenoxy) is 2. The lowest BCUT2D eigenvalue weighted by atomic mass is 9.96. The number of rotatable bonds is 2. The second kappa shape index (κ2) is 4.96. The van der Waals surface area contributed by atoms with Gasteiger partial charge in [0, 0.05) is 6.04 Å². The molecule has 1 aromatic carbocycles. The maximum absolute atomic E-state index is 5.37. The SMILES string of the molecule is COc1cc2c(cc1OC)[C@H](C)NC[C@@H](C)C2. The molecule has 0 aromatic heterocycles. The molecule has 0 amide bonds. The van der Waals surface area contributed by atoms with E-state index in [0.29, 0.717) is 12.0 Å². The summed E-state index contributed by atoms with van der Waals surface area (Å²) in [4.78, 5) is 0. The van der Waals surface area contributed by atoms with Gasteiger partial charge in [0.2, 0.25) is 0 Å². The Kier molecular flexibility index (Phi) is 3.57. The van der Waals surface area contributed by atoms with E-state index < -0.39 is 0 Å². The Morgan fingerprint density at radius 2 is 1.76 bits per heavy atom. The Morgan fingerprint density at radius 3 is 2.41 bits per heavy atom. The summed E-state index contributed by atoms with van der Waals surface area (Å²) >= 11 is 0. The minimum atomic E-state index is 0.370. The first-order valence-corrected chi connectivity index (χ1v) is 6.14. The molecular formula is C14H21NO2. The highest BCUT2D eigenvalue weighted by Crippen LogP contribution is 2.35. The first-order chi connectivity index (χ1) is 8.15. The molecule has 0 bridgehead atoms. The summed E-state index contributed by atoms with van der Waals surface area (Å²) in [6.07, 6.45) is 1.09. The zero-order chi connectivity index (χ0) is 12.4. The van der Waals surface area contributed by atoms with Crippen LogP contribution in [-0.4, -0.2) is 20.8 Å². The Bertz CT molecular complexity index is 403. The van der Waals surface area contributed by atoms with Crippen LogP contribution in [-0.2, 0) is 6.42 Å². The summed E-state index contributed by atoms with van der Waals surface area (Å²) in [5, 5.41) is 3.54. The highest BCUT2D eigenvalue weighted by Gasteiger charge is 2.20. The number of methoxy groups -OCH3 is 2. The van der Waals surface area contributed by atoms with Gasteiger partial charge in [0.05, 0.1) is 14.2 Å². The summed E-state index contributed by atoms with van der Waals surface area (Å²) in [5.74, 6) is 2.29. The molecular weight excluding hydrogens is 214 g/mol. The van der Waals surface area contributed by atoms with Crippen molar-refractivity contribution >= 4 is 0 Å². The van der Waals surface area contributed by atoms with Crippen molar-refractivity contribution in [2.45, 2.75) is 26.3 Å². The molecule has 94 valence electrons. The molecule has 2 rings (SSSR count). The van der Waals surface area contributed by atoms with Gasteiger partial charge in [-0.15, -0.1) is 0 Å². The van der Waals surface area contributed by atoms with Gasteiger partial charge in [0.1, 0.15) is 0 Å². The number of nitrogens with one attached hydrogen (secondary N) is 1. The minimum absolute atomic E-state index is 0.370. The molecule has 0 fully saturated rings. The van der Waals surface area contributed by atoms with Crippen LogP contribution in [0.3, 0.4) is 0 Å². The van der Waals surface area contributed by atoms with E-state index in [9.17, 15) is 0 Å². The number of benzene rings is 1. The average Bonchev–Trinajstić information content (AvgIpc) is 2.47. The highest BCUT2D eigenvalue weighted by atomic mass is 16.5. The molecule has 3 heteroatoms. The monoisotopic (exact) mass is 235 g/mol. The van der Waals surface area contributed by atoms with Crippen molar-refractivity contribution < 1.29 is 9.47 Å².